The fourth-order valence-electron chi connectivity index (χ4n) is 2.01. The second kappa shape index (κ2) is 6.62. The second-order valence-electron chi connectivity index (χ2n) is 4.68. The largest absolute Gasteiger partial charge is 0.459 e. The topological polar surface area (TPSA) is 75.6 Å². The fraction of sp³-hybridized carbons (Fsp3) is 0.0625. The van der Waals surface area contributed by atoms with Crippen molar-refractivity contribution in [3.05, 3.63) is 63.7 Å². The zero-order valence-electron chi connectivity index (χ0n) is 11.7. The molecule has 5 nitrogen and oxygen atoms in total. The molecular weight excluding hydrogens is 386 g/mol. The number of anilines is 1. The molecule has 3 aromatic rings. The molecule has 0 spiro atoms. The van der Waals surface area contributed by atoms with Crippen LogP contribution in [-0.4, -0.2) is 11.0 Å². The molecule has 0 radical (unpaired) electrons. The van der Waals surface area contributed by atoms with Crippen LogP contribution >= 0.6 is 27.5 Å². The molecule has 0 atom stereocenters. The Bertz CT molecular complexity index is 855. The molecule has 7 heteroatoms. The lowest BCUT2D eigenvalue weighted by molar-refractivity contribution is 0.0995. The van der Waals surface area contributed by atoms with E-state index in [1.54, 1.807) is 42.5 Å². The Hall–Kier alpha value is -2.02. The van der Waals surface area contributed by atoms with Crippen LogP contribution in [0.15, 0.2) is 56.0 Å². The summed E-state index contributed by atoms with van der Waals surface area (Å²) in [6, 6.07) is 11.7. The van der Waals surface area contributed by atoms with Crippen LogP contribution in [0.4, 0.5) is 5.69 Å². The van der Waals surface area contributed by atoms with Crippen LogP contribution in [0.3, 0.4) is 0 Å². The van der Waals surface area contributed by atoms with Gasteiger partial charge in [-0.15, -0.1) is 0 Å². The van der Waals surface area contributed by atoms with E-state index in [0.717, 1.165) is 5.56 Å². The summed E-state index contributed by atoms with van der Waals surface area (Å²) in [6.07, 6.45) is 0. The number of aliphatic hydroxyl groups is 1. The van der Waals surface area contributed by atoms with Gasteiger partial charge in [-0.1, -0.05) is 11.6 Å². The van der Waals surface area contributed by atoms with E-state index in [-0.39, 0.29) is 12.4 Å². The van der Waals surface area contributed by atoms with Crippen LogP contribution in [0.1, 0.15) is 16.3 Å². The Kier molecular flexibility index (Phi) is 4.56. The fourth-order valence-corrected chi connectivity index (χ4v) is 2.48. The number of amides is 1. The quantitative estimate of drug-likeness (QED) is 0.670. The third-order valence-electron chi connectivity index (χ3n) is 3.11. The molecule has 0 aliphatic heterocycles. The average Bonchev–Trinajstić information content (AvgIpc) is 3.18. The second-order valence-corrected chi connectivity index (χ2v) is 5.87. The predicted molar refractivity (Wildman–Crippen MR) is 89.4 cm³/mol. The zero-order chi connectivity index (χ0) is 16.4. The molecule has 3 rings (SSSR count). The van der Waals surface area contributed by atoms with Gasteiger partial charge in [0.15, 0.2) is 10.4 Å². The van der Waals surface area contributed by atoms with Gasteiger partial charge in [0.05, 0.1) is 10.7 Å². The smallest absolute Gasteiger partial charge is 0.291 e. The van der Waals surface area contributed by atoms with E-state index in [1.807, 2.05) is 0 Å². The van der Waals surface area contributed by atoms with E-state index in [0.29, 0.717) is 26.9 Å². The molecule has 2 aromatic heterocycles. The molecule has 0 bridgehead atoms. The first-order valence-electron chi connectivity index (χ1n) is 6.63. The van der Waals surface area contributed by atoms with Crippen molar-refractivity contribution >= 4 is 39.1 Å². The van der Waals surface area contributed by atoms with Gasteiger partial charge >= 0.3 is 0 Å². The van der Waals surface area contributed by atoms with Crippen molar-refractivity contribution in [1.29, 1.82) is 0 Å². The highest BCUT2D eigenvalue weighted by Gasteiger charge is 2.14. The third-order valence-corrected chi connectivity index (χ3v) is 3.87. The molecule has 1 amide bonds. The first kappa shape index (κ1) is 15.9. The van der Waals surface area contributed by atoms with E-state index >= 15 is 0 Å². The molecule has 0 fully saturated rings. The van der Waals surface area contributed by atoms with Gasteiger partial charge in [-0.2, -0.15) is 0 Å². The van der Waals surface area contributed by atoms with Gasteiger partial charge in [-0.3, -0.25) is 4.79 Å². The van der Waals surface area contributed by atoms with Crippen LogP contribution in [0.2, 0.25) is 5.02 Å². The molecule has 2 N–H and O–H groups in total. The highest BCUT2D eigenvalue weighted by atomic mass is 79.9. The number of benzene rings is 1. The minimum atomic E-state index is -0.412. The first-order valence-corrected chi connectivity index (χ1v) is 7.80. The van der Waals surface area contributed by atoms with Gasteiger partial charge in [-0.25, -0.2) is 0 Å². The maximum Gasteiger partial charge on any atom is 0.291 e. The highest BCUT2D eigenvalue weighted by molar-refractivity contribution is 9.10. The molecule has 1 aromatic carbocycles. The lowest BCUT2D eigenvalue weighted by Gasteiger charge is -2.07. The van der Waals surface area contributed by atoms with E-state index in [1.165, 1.54) is 0 Å². The zero-order valence-corrected chi connectivity index (χ0v) is 14.0. The predicted octanol–water partition coefficient (Wildman–Crippen LogP) is 4.70. The van der Waals surface area contributed by atoms with Crippen LogP contribution in [0.25, 0.3) is 11.3 Å². The number of carbonyl (C=O) groups excluding carboxylic acids is 1. The summed E-state index contributed by atoms with van der Waals surface area (Å²) < 4.78 is 11.1. The minimum Gasteiger partial charge on any atom is -0.459 e. The number of carbonyl (C=O) groups is 1. The SMILES string of the molecule is O=C(Nc1cc(-c2ccc(CO)o2)ccc1Cl)c1ccc(Br)o1. The number of aliphatic hydroxyl groups excluding tert-OH is 1. The standard InChI is InChI=1S/C16H11BrClNO4/c17-15-6-5-14(23-15)16(21)19-12-7-9(1-3-11(12)18)13-4-2-10(8-20)22-13/h1-7,20H,8H2,(H,19,21). The summed E-state index contributed by atoms with van der Waals surface area (Å²) in [5.74, 6) is 0.784. The van der Waals surface area contributed by atoms with Crippen molar-refractivity contribution in [3.8, 4) is 11.3 Å². The first-order chi connectivity index (χ1) is 11.1. The summed E-state index contributed by atoms with van der Waals surface area (Å²) in [5, 5.41) is 12.1. The van der Waals surface area contributed by atoms with Crippen molar-refractivity contribution < 1.29 is 18.7 Å². The lowest BCUT2D eigenvalue weighted by Crippen LogP contribution is -2.11. The Morgan fingerprint density at radius 1 is 1.17 bits per heavy atom. The summed E-state index contributed by atoms with van der Waals surface area (Å²) >= 11 is 9.27. The van der Waals surface area contributed by atoms with Gasteiger partial charge in [0.1, 0.15) is 18.1 Å². The van der Waals surface area contributed by atoms with Gasteiger partial charge in [0, 0.05) is 5.56 Å². The monoisotopic (exact) mass is 395 g/mol. The maximum absolute atomic E-state index is 12.1. The number of halogens is 2. The molecule has 0 saturated heterocycles. The van der Waals surface area contributed by atoms with Crippen LogP contribution in [0.5, 0.6) is 0 Å². The molecule has 23 heavy (non-hydrogen) atoms. The molecule has 0 saturated carbocycles. The van der Waals surface area contributed by atoms with Crippen molar-refractivity contribution in [1.82, 2.24) is 0 Å². The number of rotatable bonds is 4. The molecule has 0 unspecified atom stereocenters. The van der Waals surface area contributed by atoms with E-state index in [9.17, 15) is 4.79 Å². The van der Waals surface area contributed by atoms with E-state index in [4.69, 9.17) is 25.5 Å². The van der Waals surface area contributed by atoms with Crippen molar-refractivity contribution in [2.45, 2.75) is 6.61 Å². The summed E-state index contributed by atoms with van der Waals surface area (Å²) in [7, 11) is 0. The van der Waals surface area contributed by atoms with Crippen molar-refractivity contribution in [2.24, 2.45) is 0 Å². The summed E-state index contributed by atoms with van der Waals surface area (Å²) in [6.45, 7) is -0.176. The Morgan fingerprint density at radius 2 is 2.00 bits per heavy atom. The number of nitrogens with one attached hydrogen (secondary N) is 1. The van der Waals surface area contributed by atoms with Gasteiger partial charge in [0.25, 0.3) is 5.91 Å². The Balaban J connectivity index is 1.87. The Morgan fingerprint density at radius 3 is 2.65 bits per heavy atom. The molecule has 2 heterocycles. The van der Waals surface area contributed by atoms with E-state index < -0.39 is 5.91 Å². The number of furan rings is 2. The van der Waals surface area contributed by atoms with Crippen molar-refractivity contribution in [3.63, 3.8) is 0 Å². The van der Waals surface area contributed by atoms with Crippen LogP contribution in [0, 0.1) is 0 Å². The molecular formula is C16H11BrClNO4. The maximum atomic E-state index is 12.1. The minimum absolute atomic E-state index is 0.166. The average molecular weight is 397 g/mol. The van der Waals surface area contributed by atoms with Gasteiger partial charge in [0.2, 0.25) is 0 Å². The molecule has 0 aliphatic carbocycles. The third kappa shape index (κ3) is 3.50. The number of hydrogen-bond acceptors (Lipinski definition) is 4. The van der Waals surface area contributed by atoms with Crippen LogP contribution in [-0.2, 0) is 6.61 Å². The summed E-state index contributed by atoms with van der Waals surface area (Å²) in [5.41, 5.74) is 1.16. The van der Waals surface area contributed by atoms with Crippen LogP contribution < -0.4 is 5.32 Å². The van der Waals surface area contributed by atoms with Crippen molar-refractivity contribution in [2.75, 3.05) is 5.32 Å². The van der Waals surface area contributed by atoms with Gasteiger partial charge in [-0.05, 0) is 58.4 Å². The van der Waals surface area contributed by atoms with Gasteiger partial charge < -0.3 is 19.3 Å². The lowest BCUT2D eigenvalue weighted by atomic mass is 10.1. The summed E-state index contributed by atoms with van der Waals surface area (Å²) in [4.78, 5) is 12.1. The highest BCUT2D eigenvalue weighted by Crippen LogP contribution is 2.30. The molecule has 118 valence electrons. The normalized spacial score (nSPS) is 10.7. The number of hydrogen-bond donors (Lipinski definition) is 2. The van der Waals surface area contributed by atoms with E-state index in [2.05, 4.69) is 21.2 Å². The Labute approximate surface area is 145 Å². The molecule has 0 aliphatic rings.